The average molecular weight is 272 g/mol. The minimum atomic E-state index is -0.410. The summed E-state index contributed by atoms with van der Waals surface area (Å²) in [6.07, 6.45) is 0. The normalized spacial score (nSPS) is 12.1. The van der Waals surface area contributed by atoms with E-state index in [0.29, 0.717) is 15.6 Å². The summed E-state index contributed by atoms with van der Waals surface area (Å²) >= 11 is 12.1. The molecule has 0 saturated carbocycles. The summed E-state index contributed by atoms with van der Waals surface area (Å²) in [5.41, 5.74) is 0.920. The van der Waals surface area contributed by atoms with Gasteiger partial charge >= 0.3 is 0 Å². The van der Waals surface area contributed by atoms with Crippen molar-refractivity contribution in [3.8, 4) is 0 Å². The van der Waals surface area contributed by atoms with Crippen LogP contribution < -0.4 is 0 Å². The van der Waals surface area contributed by atoms with Gasteiger partial charge in [-0.2, -0.15) is 0 Å². The van der Waals surface area contributed by atoms with Crippen molar-refractivity contribution in [2.24, 2.45) is 0 Å². The Morgan fingerprint density at radius 2 is 1.82 bits per heavy atom. The molecule has 2 rings (SSSR count). The van der Waals surface area contributed by atoms with E-state index in [0.717, 1.165) is 5.56 Å². The Labute approximate surface area is 110 Å². The zero-order valence-corrected chi connectivity index (χ0v) is 11.3. The Morgan fingerprint density at radius 1 is 1.18 bits per heavy atom. The molecule has 0 aliphatic carbocycles. The van der Waals surface area contributed by atoms with E-state index in [1.54, 1.807) is 0 Å². The van der Waals surface area contributed by atoms with Crippen molar-refractivity contribution in [3.63, 3.8) is 0 Å². The molecule has 1 aromatic heterocycles. The van der Waals surface area contributed by atoms with Crippen molar-refractivity contribution < 1.29 is 4.39 Å². The molecular formula is C13H12Cl2FN. The molecule has 0 aliphatic heterocycles. The van der Waals surface area contributed by atoms with E-state index in [-0.39, 0.29) is 10.9 Å². The predicted octanol–water partition coefficient (Wildman–Crippen LogP) is 4.98. The first-order valence-electron chi connectivity index (χ1n) is 5.25. The number of benzene rings is 1. The van der Waals surface area contributed by atoms with Gasteiger partial charge in [0.15, 0.2) is 0 Å². The summed E-state index contributed by atoms with van der Waals surface area (Å²) in [6, 6.07) is 4.64. The van der Waals surface area contributed by atoms with Crippen LogP contribution in [0, 0.1) is 5.82 Å². The van der Waals surface area contributed by atoms with E-state index in [1.807, 2.05) is 26.8 Å². The number of pyridine rings is 1. The van der Waals surface area contributed by atoms with E-state index in [1.165, 1.54) is 12.1 Å². The van der Waals surface area contributed by atoms with Crippen LogP contribution in [0.15, 0.2) is 18.2 Å². The van der Waals surface area contributed by atoms with Crippen LogP contribution in [-0.2, 0) is 5.41 Å². The minimum Gasteiger partial charge on any atom is -0.233 e. The van der Waals surface area contributed by atoms with Crippen molar-refractivity contribution in [1.29, 1.82) is 0 Å². The second-order valence-electron chi connectivity index (χ2n) is 5.00. The van der Waals surface area contributed by atoms with Gasteiger partial charge in [-0.3, -0.25) is 0 Å². The van der Waals surface area contributed by atoms with Crippen LogP contribution in [0.5, 0.6) is 0 Å². The number of halogens is 3. The van der Waals surface area contributed by atoms with Crippen molar-refractivity contribution in [3.05, 3.63) is 39.8 Å². The van der Waals surface area contributed by atoms with E-state index in [9.17, 15) is 4.39 Å². The molecule has 1 heterocycles. The zero-order chi connectivity index (χ0) is 12.8. The largest absolute Gasteiger partial charge is 0.233 e. The topological polar surface area (TPSA) is 12.9 Å². The van der Waals surface area contributed by atoms with Crippen molar-refractivity contribution >= 4 is 34.1 Å². The Bertz CT molecular complexity index is 588. The monoisotopic (exact) mass is 271 g/mol. The maximum absolute atomic E-state index is 13.6. The summed E-state index contributed by atoms with van der Waals surface area (Å²) in [7, 11) is 0. The van der Waals surface area contributed by atoms with Gasteiger partial charge in [0.25, 0.3) is 0 Å². The highest BCUT2D eigenvalue weighted by atomic mass is 35.5. The summed E-state index contributed by atoms with van der Waals surface area (Å²) in [4.78, 5) is 4.11. The fraction of sp³-hybridized carbons (Fsp3) is 0.308. The Balaban J connectivity index is 2.85. The van der Waals surface area contributed by atoms with Crippen LogP contribution in [0.25, 0.3) is 10.9 Å². The molecule has 0 saturated heterocycles. The summed E-state index contributed by atoms with van der Waals surface area (Å²) in [5, 5.41) is 1.41. The van der Waals surface area contributed by atoms with E-state index in [4.69, 9.17) is 23.2 Å². The van der Waals surface area contributed by atoms with Crippen LogP contribution in [0.4, 0.5) is 4.39 Å². The zero-order valence-electron chi connectivity index (χ0n) is 9.81. The molecule has 2 aromatic rings. The highest BCUT2D eigenvalue weighted by Crippen LogP contribution is 2.34. The maximum atomic E-state index is 13.6. The molecule has 0 fully saturated rings. The van der Waals surface area contributed by atoms with Crippen LogP contribution >= 0.6 is 23.2 Å². The lowest BCUT2D eigenvalue weighted by Gasteiger charge is -2.20. The summed E-state index contributed by atoms with van der Waals surface area (Å²) in [6.45, 7) is 6.07. The molecule has 0 radical (unpaired) electrons. The molecule has 1 aromatic carbocycles. The van der Waals surface area contributed by atoms with E-state index < -0.39 is 5.82 Å². The third kappa shape index (κ3) is 2.24. The molecule has 0 aliphatic rings. The average Bonchev–Trinajstić information content (AvgIpc) is 2.21. The maximum Gasteiger partial charge on any atom is 0.149 e. The lowest BCUT2D eigenvalue weighted by molar-refractivity contribution is 0.588. The molecule has 17 heavy (non-hydrogen) atoms. The lowest BCUT2D eigenvalue weighted by atomic mass is 9.87. The number of aromatic nitrogens is 1. The molecular weight excluding hydrogens is 260 g/mol. The first kappa shape index (κ1) is 12.6. The van der Waals surface area contributed by atoms with Gasteiger partial charge in [0.05, 0.1) is 5.02 Å². The lowest BCUT2D eigenvalue weighted by Crippen LogP contribution is -2.12. The standard InChI is InChI=1S/C13H12Cl2FN/c1-13(2,3)8-6-7-9(14)4-5-10(16)11(7)17-12(8)15/h4-6H,1-3H3. The van der Waals surface area contributed by atoms with Crippen molar-refractivity contribution in [1.82, 2.24) is 4.98 Å². The van der Waals surface area contributed by atoms with Crippen molar-refractivity contribution in [2.75, 3.05) is 0 Å². The summed E-state index contributed by atoms with van der Waals surface area (Å²) in [5.74, 6) is -0.410. The Morgan fingerprint density at radius 3 is 2.41 bits per heavy atom. The molecule has 0 bridgehead atoms. The van der Waals surface area contributed by atoms with Crippen LogP contribution in [0.3, 0.4) is 0 Å². The molecule has 0 N–H and O–H groups in total. The van der Waals surface area contributed by atoms with Crippen LogP contribution in [0.2, 0.25) is 10.2 Å². The van der Waals surface area contributed by atoms with Gasteiger partial charge in [-0.1, -0.05) is 44.0 Å². The fourth-order valence-electron chi connectivity index (χ4n) is 1.70. The number of fused-ring (bicyclic) bond motifs is 1. The van der Waals surface area contributed by atoms with Gasteiger partial charge in [0.1, 0.15) is 16.5 Å². The fourth-order valence-corrected chi connectivity index (χ4v) is 2.33. The highest BCUT2D eigenvalue weighted by molar-refractivity contribution is 6.36. The number of rotatable bonds is 0. The predicted molar refractivity (Wildman–Crippen MR) is 70.4 cm³/mol. The first-order chi connectivity index (χ1) is 7.80. The quantitative estimate of drug-likeness (QED) is 0.616. The van der Waals surface area contributed by atoms with Gasteiger partial charge in [0.2, 0.25) is 0 Å². The molecule has 1 nitrogen and oxygen atoms in total. The minimum absolute atomic E-state index is 0.159. The molecule has 90 valence electrons. The van der Waals surface area contributed by atoms with Crippen LogP contribution in [0.1, 0.15) is 26.3 Å². The Hall–Kier alpha value is -0.860. The Kier molecular flexibility index (Phi) is 3.04. The van der Waals surface area contributed by atoms with Gasteiger partial charge < -0.3 is 0 Å². The SMILES string of the molecule is CC(C)(C)c1cc2c(Cl)ccc(F)c2nc1Cl. The highest BCUT2D eigenvalue weighted by Gasteiger charge is 2.20. The molecule has 0 unspecified atom stereocenters. The van der Waals surface area contributed by atoms with E-state index in [2.05, 4.69) is 4.98 Å². The molecule has 0 spiro atoms. The van der Waals surface area contributed by atoms with Gasteiger partial charge in [-0.05, 0) is 29.2 Å². The third-order valence-corrected chi connectivity index (χ3v) is 3.26. The molecule has 0 atom stereocenters. The van der Waals surface area contributed by atoms with Gasteiger partial charge in [-0.15, -0.1) is 0 Å². The van der Waals surface area contributed by atoms with E-state index >= 15 is 0 Å². The van der Waals surface area contributed by atoms with Gasteiger partial charge in [0, 0.05) is 5.39 Å². The first-order valence-corrected chi connectivity index (χ1v) is 6.01. The molecule has 4 heteroatoms. The van der Waals surface area contributed by atoms with Crippen molar-refractivity contribution in [2.45, 2.75) is 26.2 Å². The summed E-state index contributed by atoms with van der Waals surface area (Å²) < 4.78 is 13.6. The second kappa shape index (κ2) is 4.11. The van der Waals surface area contributed by atoms with Gasteiger partial charge in [-0.25, -0.2) is 9.37 Å². The number of hydrogen-bond acceptors (Lipinski definition) is 1. The third-order valence-electron chi connectivity index (χ3n) is 2.64. The smallest absolute Gasteiger partial charge is 0.149 e. The number of hydrogen-bond donors (Lipinski definition) is 0. The number of nitrogens with zero attached hydrogens (tertiary/aromatic N) is 1. The second-order valence-corrected chi connectivity index (χ2v) is 5.77. The molecule has 0 amide bonds. The van der Waals surface area contributed by atoms with Crippen LogP contribution in [-0.4, -0.2) is 4.98 Å².